The van der Waals surface area contributed by atoms with E-state index in [1.54, 1.807) is 12.3 Å². The third-order valence-electron chi connectivity index (χ3n) is 4.38. The molecule has 1 amide bonds. The molecule has 0 aliphatic carbocycles. The molecule has 1 aromatic carbocycles. The average molecular weight is 352 g/mol. The van der Waals surface area contributed by atoms with Crippen LogP contribution in [0.1, 0.15) is 40.6 Å². The molecule has 3 rings (SSSR count). The maximum absolute atomic E-state index is 12.6. The molecule has 1 aliphatic rings. The van der Waals surface area contributed by atoms with Gasteiger partial charge in [-0.15, -0.1) is 0 Å². The summed E-state index contributed by atoms with van der Waals surface area (Å²) in [5.41, 5.74) is -0.567. The number of benzene rings is 1. The molecule has 0 spiro atoms. The van der Waals surface area contributed by atoms with E-state index in [1.807, 2.05) is 6.07 Å². The molecule has 2 heterocycles. The van der Waals surface area contributed by atoms with Crippen LogP contribution in [0.15, 0.2) is 47.1 Å². The van der Waals surface area contributed by atoms with Gasteiger partial charge in [-0.25, -0.2) is 0 Å². The molecule has 1 atom stereocenters. The second-order valence-corrected chi connectivity index (χ2v) is 6.06. The molecule has 134 valence electrons. The fourth-order valence-corrected chi connectivity index (χ4v) is 3.05. The molecule has 0 radical (unpaired) electrons. The Morgan fingerprint density at radius 2 is 1.84 bits per heavy atom. The van der Waals surface area contributed by atoms with Crippen LogP contribution < -0.4 is 5.32 Å². The van der Waals surface area contributed by atoms with E-state index >= 15 is 0 Å². The first kappa shape index (κ1) is 17.5. The number of carbonyl (C=O) groups excluding carboxylic acids is 1. The first-order valence-electron chi connectivity index (χ1n) is 8.18. The minimum atomic E-state index is -4.41. The Hall–Kier alpha value is -2.28. The van der Waals surface area contributed by atoms with Crippen LogP contribution in [0, 0.1) is 0 Å². The average Bonchev–Trinajstić information content (AvgIpc) is 3.28. The van der Waals surface area contributed by atoms with E-state index in [0.717, 1.165) is 43.8 Å². The van der Waals surface area contributed by atoms with Gasteiger partial charge in [-0.3, -0.25) is 9.69 Å². The highest BCUT2D eigenvalue weighted by molar-refractivity contribution is 5.94. The summed E-state index contributed by atoms with van der Waals surface area (Å²) in [6.07, 6.45) is -0.612. The van der Waals surface area contributed by atoms with Crippen molar-refractivity contribution in [2.45, 2.75) is 25.1 Å². The summed E-state index contributed by atoms with van der Waals surface area (Å²) < 4.78 is 43.2. The Labute approximate surface area is 143 Å². The van der Waals surface area contributed by atoms with Crippen molar-refractivity contribution >= 4 is 5.91 Å². The topological polar surface area (TPSA) is 45.5 Å². The third-order valence-corrected chi connectivity index (χ3v) is 4.38. The van der Waals surface area contributed by atoms with Gasteiger partial charge in [0, 0.05) is 12.1 Å². The summed E-state index contributed by atoms with van der Waals surface area (Å²) in [5, 5.41) is 2.80. The molecule has 0 unspecified atom stereocenters. The van der Waals surface area contributed by atoms with Crippen LogP contribution in [0.4, 0.5) is 13.2 Å². The lowest BCUT2D eigenvalue weighted by Gasteiger charge is -2.26. The van der Waals surface area contributed by atoms with E-state index in [1.165, 1.54) is 12.1 Å². The van der Waals surface area contributed by atoms with E-state index in [4.69, 9.17) is 4.42 Å². The van der Waals surface area contributed by atoms with Gasteiger partial charge in [0.05, 0.1) is 17.9 Å². The van der Waals surface area contributed by atoms with Crippen molar-refractivity contribution in [2.24, 2.45) is 0 Å². The maximum Gasteiger partial charge on any atom is 0.416 e. The van der Waals surface area contributed by atoms with Gasteiger partial charge in [0.1, 0.15) is 5.76 Å². The molecule has 1 fully saturated rings. The summed E-state index contributed by atoms with van der Waals surface area (Å²) in [6, 6.07) is 7.81. The van der Waals surface area contributed by atoms with Gasteiger partial charge in [0.25, 0.3) is 5.91 Å². The predicted molar refractivity (Wildman–Crippen MR) is 86.0 cm³/mol. The quantitative estimate of drug-likeness (QED) is 0.889. The maximum atomic E-state index is 12.6. The number of nitrogens with one attached hydrogen (secondary N) is 1. The molecule has 1 aliphatic heterocycles. The number of amides is 1. The second-order valence-electron chi connectivity index (χ2n) is 6.06. The van der Waals surface area contributed by atoms with Crippen molar-refractivity contribution in [3.05, 3.63) is 59.5 Å². The van der Waals surface area contributed by atoms with E-state index in [9.17, 15) is 18.0 Å². The minimum absolute atomic E-state index is 0.0732. The summed E-state index contributed by atoms with van der Waals surface area (Å²) in [4.78, 5) is 14.5. The highest BCUT2D eigenvalue weighted by Crippen LogP contribution is 2.29. The van der Waals surface area contributed by atoms with Crippen molar-refractivity contribution in [1.82, 2.24) is 10.2 Å². The van der Waals surface area contributed by atoms with Crippen LogP contribution in [0.25, 0.3) is 0 Å². The fourth-order valence-electron chi connectivity index (χ4n) is 3.05. The Morgan fingerprint density at radius 1 is 1.16 bits per heavy atom. The SMILES string of the molecule is O=C(NC[C@H](c1ccco1)N1CCCC1)c1ccc(C(F)(F)F)cc1. The molecule has 0 bridgehead atoms. The first-order valence-corrected chi connectivity index (χ1v) is 8.18. The van der Waals surface area contributed by atoms with E-state index in [2.05, 4.69) is 10.2 Å². The molecule has 1 aromatic heterocycles. The molecule has 1 saturated heterocycles. The molecule has 7 heteroatoms. The Kier molecular flexibility index (Phi) is 5.13. The summed E-state index contributed by atoms with van der Waals surface area (Å²) in [5.74, 6) is 0.374. The van der Waals surface area contributed by atoms with Gasteiger partial charge >= 0.3 is 6.18 Å². The summed E-state index contributed by atoms with van der Waals surface area (Å²) in [6.45, 7) is 2.20. The molecule has 1 N–H and O–H groups in total. The number of carbonyl (C=O) groups is 1. The lowest BCUT2D eigenvalue weighted by molar-refractivity contribution is -0.137. The smallest absolute Gasteiger partial charge is 0.416 e. The van der Waals surface area contributed by atoms with Crippen molar-refractivity contribution < 1.29 is 22.4 Å². The monoisotopic (exact) mass is 352 g/mol. The van der Waals surface area contributed by atoms with E-state index < -0.39 is 17.6 Å². The van der Waals surface area contributed by atoms with Gasteiger partial charge in [0.15, 0.2) is 0 Å². The van der Waals surface area contributed by atoms with Crippen LogP contribution in [0.2, 0.25) is 0 Å². The standard InChI is InChI=1S/C18H19F3N2O2/c19-18(20,21)14-7-5-13(6-8-14)17(24)22-12-15(16-4-3-11-25-16)23-9-1-2-10-23/h3-8,11,15H,1-2,9-10,12H2,(H,22,24)/t15-/m1/s1. The van der Waals surface area contributed by atoms with Gasteiger partial charge in [-0.1, -0.05) is 0 Å². The molecular weight excluding hydrogens is 333 g/mol. The highest BCUT2D eigenvalue weighted by atomic mass is 19.4. The van der Waals surface area contributed by atoms with Crippen LogP contribution >= 0.6 is 0 Å². The third kappa shape index (κ3) is 4.22. The zero-order chi connectivity index (χ0) is 17.9. The number of furan rings is 1. The normalized spacial score (nSPS) is 16.8. The molecule has 25 heavy (non-hydrogen) atoms. The van der Waals surface area contributed by atoms with E-state index in [-0.39, 0.29) is 11.6 Å². The number of rotatable bonds is 5. The van der Waals surface area contributed by atoms with Crippen molar-refractivity contribution in [3.63, 3.8) is 0 Å². The van der Waals surface area contributed by atoms with Gasteiger partial charge in [-0.2, -0.15) is 13.2 Å². The summed E-state index contributed by atoms with van der Waals surface area (Å²) in [7, 11) is 0. The predicted octanol–water partition coefficient (Wildman–Crippen LogP) is 3.87. The number of hydrogen-bond donors (Lipinski definition) is 1. The first-order chi connectivity index (χ1) is 11.9. The fraction of sp³-hybridized carbons (Fsp3) is 0.389. The number of alkyl halides is 3. The molecular formula is C18H19F3N2O2. The lowest BCUT2D eigenvalue weighted by atomic mass is 10.1. The van der Waals surface area contributed by atoms with Gasteiger partial charge in [-0.05, 0) is 62.3 Å². The van der Waals surface area contributed by atoms with Crippen molar-refractivity contribution in [3.8, 4) is 0 Å². The molecule has 4 nitrogen and oxygen atoms in total. The van der Waals surface area contributed by atoms with Crippen LogP contribution in [-0.2, 0) is 6.18 Å². The highest BCUT2D eigenvalue weighted by Gasteiger charge is 2.30. The zero-order valence-electron chi connectivity index (χ0n) is 13.6. The molecule has 0 saturated carbocycles. The number of halogens is 3. The van der Waals surface area contributed by atoms with Gasteiger partial charge in [0.2, 0.25) is 0 Å². The summed E-state index contributed by atoms with van der Waals surface area (Å²) >= 11 is 0. The van der Waals surface area contributed by atoms with Crippen LogP contribution in [0.3, 0.4) is 0 Å². The Bertz CT molecular complexity index is 690. The Balaban J connectivity index is 1.65. The van der Waals surface area contributed by atoms with E-state index in [0.29, 0.717) is 6.54 Å². The van der Waals surface area contributed by atoms with Crippen molar-refractivity contribution in [1.29, 1.82) is 0 Å². The zero-order valence-corrected chi connectivity index (χ0v) is 13.6. The second kappa shape index (κ2) is 7.31. The molecule has 2 aromatic rings. The lowest BCUT2D eigenvalue weighted by Crippen LogP contribution is -2.36. The number of likely N-dealkylation sites (tertiary alicyclic amines) is 1. The number of hydrogen-bond acceptors (Lipinski definition) is 3. The van der Waals surface area contributed by atoms with Crippen LogP contribution in [0.5, 0.6) is 0 Å². The van der Waals surface area contributed by atoms with Crippen LogP contribution in [-0.4, -0.2) is 30.4 Å². The minimum Gasteiger partial charge on any atom is -0.468 e. The van der Waals surface area contributed by atoms with Crippen molar-refractivity contribution in [2.75, 3.05) is 19.6 Å². The largest absolute Gasteiger partial charge is 0.468 e. The number of nitrogens with zero attached hydrogens (tertiary/aromatic N) is 1. The van der Waals surface area contributed by atoms with Gasteiger partial charge < -0.3 is 9.73 Å². The Morgan fingerprint density at radius 3 is 2.40 bits per heavy atom.